The van der Waals surface area contributed by atoms with Crippen molar-refractivity contribution in [3.8, 4) is 0 Å². The van der Waals surface area contributed by atoms with Crippen LogP contribution in [0.2, 0.25) is 0 Å². The fourth-order valence-corrected chi connectivity index (χ4v) is 4.95. The van der Waals surface area contributed by atoms with Gasteiger partial charge < -0.3 is 20.3 Å². The lowest BCUT2D eigenvalue weighted by atomic mass is 9.95. The van der Waals surface area contributed by atoms with E-state index in [0.29, 0.717) is 19.8 Å². The SMILES string of the molecule is CN1CCCc2cc([C@H](CNC(=O)C(=O)NC3CCCC3)N3CCOCC3)ccc21. The first kappa shape index (κ1) is 21.1. The average Bonchev–Trinajstić information content (AvgIpc) is 3.27. The van der Waals surface area contributed by atoms with Gasteiger partial charge in [-0.15, -0.1) is 0 Å². The molecule has 2 fully saturated rings. The first-order valence-corrected chi connectivity index (χ1v) is 11.4. The molecule has 1 aliphatic carbocycles. The van der Waals surface area contributed by atoms with Crippen LogP contribution in [0.5, 0.6) is 0 Å². The first-order valence-electron chi connectivity index (χ1n) is 11.4. The Kier molecular flexibility index (Phi) is 6.89. The fourth-order valence-electron chi connectivity index (χ4n) is 4.95. The normalized spacial score (nSPS) is 21.2. The van der Waals surface area contributed by atoms with Crippen molar-refractivity contribution in [1.82, 2.24) is 15.5 Å². The summed E-state index contributed by atoms with van der Waals surface area (Å²) in [6.45, 7) is 4.55. The van der Waals surface area contributed by atoms with E-state index in [1.54, 1.807) is 0 Å². The first-order chi connectivity index (χ1) is 14.6. The summed E-state index contributed by atoms with van der Waals surface area (Å²) in [5, 5.41) is 5.77. The smallest absolute Gasteiger partial charge is 0.309 e. The van der Waals surface area contributed by atoms with Gasteiger partial charge in [-0.2, -0.15) is 0 Å². The minimum absolute atomic E-state index is 0.0367. The lowest BCUT2D eigenvalue weighted by Crippen LogP contribution is -2.48. The summed E-state index contributed by atoms with van der Waals surface area (Å²) in [6.07, 6.45) is 6.43. The number of nitrogens with one attached hydrogen (secondary N) is 2. The van der Waals surface area contributed by atoms with Gasteiger partial charge in [0.15, 0.2) is 0 Å². The maximum atomic E-state index is 12.5. The van der Waals surface area contributed by atoms with E-state index in [1.165, 1.54) is 16.8 Å². The molecule has 0 radical (unpaired) electrons. The monoisotopic (exact) mass is 414 g/mol. The molecule has 2 amide bonds. The Balaban J connectivity index is 1.45. The Bertz CT molecular complexity index is 757. The van der Waals surface area contributed by atoms with Crippen molar-refractivity contribution < 1.29 is 14.3 Å². The molecule has 0 spiro atoms. The van der Waals surface area contributed by atoms with Gasteiger partial charge in [0.1, 0.15) is 0 Å². The van der Waals surface area contributed by atoms with Crippen LogP contribution < -0.4 is 15.5 Å². The molecule has 30 heavy (non-hydrogen) atoms. The highest BCUT2D eigenvalue weighted by molar-refractivity contribution is 6.35. The van der Waals surface area contributed by atoms with Gasteiger partial charge in [0.05, 0.1) is 19.3 Å². The number of nitrogens with zero attached hydrogens (tertiary/aromatic N) is 2. The van der Waals surface area contributed by atoms with E-state index in [9.17, 15) is 9.59 Å². The maximum Gasteiger partial charge on any atom is 0.309 e. The molecule has 4 rings (SSSR count). The van der Waals surface area contributed by atoms with Crippen molar-refractivity contribution in [3.63, 3.8) is 0 Å². The molecule has 1 atom stereocenters. The van der Waals surface area contributed by atoms with Crippen LogP contribution in [0.15, 0.2) is 18.2 Å². The van der Waals surface area contributed by atoms with Gasteiger partial charge in [0.2, 0.25) is 0 Å². The third kappa shape index (κ3) is 4.95. The quantitative estimate of drug-likeness (QED) is 0.717. The molecule has 2 heterocycles. The average molecular weight is 415 g/mol. The van der Waals surface area contributed by atoms with Crippen LogP contribution in [-0.4, -0.2) is 69.2 Å². The highest BCUT2D eigenvalue weighted by Crippen LogP contribution is 2.31. The fraction of sp³-hybridized carbons (Fsp3) is 0.652. The molecular formula is C23H34N4O3. The van der Waals surface area contributed by atoms with Crippen LogP contribution in [0.3, 0.4) is 0 Å². The Hall–Kier alpha value is -2.12. The molecule has 1 aromatic rings. The van der Waals surface area contributed by atoms with Gasteiger partial charge in [-0.1, -0.05) is 25.0 Å². The molecule has 0 aromatic heterocycles. The lowest BCUT2D eigenvalue weighted by molar-refractivity contribution is -0.139. The third-order valence-electron chi connectivity index (χ3n) is 6.68. The molecule has 164 valence electrons. The number of amides is 2. The topological polar surface area (TPSA) is 73.9 Å². The number of anilines is 1. The highest BCUT2D eigenvalue weighted by atomic mass is 16.5. The van der Waals surface area contributed by atoms with Crippen molar-refractivity contribution in [1.29, 1.82) is 0 Å². The Morgan fingerprint density at radius 1 is 1.10 bits per heavy atom. The Morgan fingerprint density at radius 3 is 2.63 bits per heavy atom. The number of ether oxygens (including phenoxy) is 1. The number of benzene rings is 1. The van der Waals surface area contributed by atoms with Crippen molar-refractivity contribution in [2.75, 3.05) is 51.3 Å². The Labute approximate surface area is 179 Å². The van der Waals surface area contributed by atoms with Crippen LogP contribution in [0.4, 0.5) is 5.69 Å². The number of rotatable bonds is 5. The third-order valence-corrected chi connectivity index (χ3v) is 6.68. The van der Waals surface area contributed by atoms with Crippen molar-refractivity contribution >= 4 is 17.5 Å². The van der Waals surface area contributed by atoms with Crippen molar-refractivity contribution in [2.45, 2.75) is 50.6 Å². The molecular weight excluding hydrogens is 380 g/mol. The van der Waals surface area contributed by atoms with Crippen LogP contribution in [-0.2, 0) is 20.7 Å². The summed E-state index contributed by atoms with van der Waals surface area (Å²) >= 11 is 0. The van der Waals surface area contributed by atoms with E-state index in [-0.39, 0.29) is 12.1 Å². The van der Waals surface area contributed by atoms with Crippen molar-refractivity contribution in [2.24, 2.45) is 0 Å². The summed E-state index contributed by atoms with van der Waals surface area (Å²) < 4.78 is 5.53. The van der Waals surface area contributed by atoms with Crippen LogP contribution in [0, 0.1) is 0 Å². The van der Waals surface area contributed by atoms with E-state index in [1.807, 2.05) is 0 Å². The second-order valence-electron chi connectivity index (χ2n) is 8.74. The zero-order chi connectivity index (χ0) is 20.9. The molecule has 1 aromatic carbocycles. The summed E-state index contributed by atoms with van der Waals surface area (Å²) in [7, 11) is 2.14. The zero-order valence-corrected chi connectivity index (χ0v) is 18.0. The summed E-state index contributed by atoms with van der Waals surface area (Å²) in [5.74, 6) is -1.03. The molecule has 7 heteroatoms. The molecule has 1 saturated carbocycles. The van der Waals surface area contributed by atoms with Gasteiger partial charge in [-0.3, -0.25) is 14.5 Å². The number of aryl methyl sites for hydroxylation is 1. The van der Waals surface area contributed by atoms with E-state index >= 15 is 0 Å². The molecule has 7 nitrogen and oxygen atoms in total. The van der Waals surface area contributed by atoms with E-state index in [2.05, 4.69) is 45.7 Å². The molecule has 2 N–H and O–H groups in total. The second kappa shape index (κ2) is 9.79. The number of hydrogen-bond donors (Lipinski definition) is 2. The maximum absolute atomic E-state index is 12.5. The van der Waals surface area contributed by atoms with E-state index in [4.69, 9.17) is 4.74 Å². The summed E-state index contributed by atoms with van der Waals surface area (Å²) in [4.78, 5) is 29.4. The largest absolute Gasteiger partial charge is 0.379 e. The predicted octanol–water partition coefficient (Wildman–Crippen LogP) is 1.62. The number of hydrogen-bond acceptors (Lipinski definition) is 5. The van der Waals surface area contributed by atoms with Crippen LogP contribution >= 0.6 is 0 Å². The molecule has 2 aliphatic heterocycles. The minimum Gasteiger partial charge on any atom is -0.379 e. The zero-order valence-electron chi connectivity index (χ0n) is 18.0. The Morgan fingerprint density at radius 2 is 1.87 bits per heavy atom. The molecule has 0 unspecified atom stereocenters. The van der Waals surface area contributed by atoms with Crippen LogP contribution in [0.1, 0.15) is 49.3 Å². The minimum atomic E-state index is -0.530. The molecule has 3 aliphatic rings. The predicted molar refractivity (Wildman–Crippen MR) is 117 cm³/mol. The van der Waals surface area contributed by atoms with Crippen molar-refractivity contribution in [3.05, 3.63) is 29.3 Å². The van der Waals surface area contributed by atoms with Gasteiger partial charge in [-0.25, -0.2) is 0 Å². The number of morpholine rings is 1. The van der Waals surface area contributed by atoms with Crippen LogP contribution in [0.25, 0.3) is 0 Å². The summed E-state index contributed by atoms with van der Waals surface area (Å²) in [6, 6.07) is 6.85. The second-order valence-corrected chi connectivity index (χ2v) is 8.74. The lowest BCUT2D eigenvalue weighted by Gasteiger charge is -2.36. The van der Waals surface area contributed by atoms with E-state index in [0.717, 1.165) is 58.2 Å². The van der Waals surface area contributed by atoms with Gasteiger partial charge in [-0.05, 0) is 42.9 Å². The van der Waals surface area contributed by atoms with Gasteiger partial charge in [0, 0.05) is 45.0 Å². The highest BCUT2D eigenvalue weighted by Gasteiger charge is 2.27. The molecule has 0 bridgehead atoms. The van der Waals surface area contributed by atoms with Gasteiger partial charge in [0.25, 0.3) is 0 Å². The molecule has 1 saturated heterocycles. The standard InChI is InChI=1S/C23H34N4O3/c1-26-10-4-5-17-15-18(8-9-20(17)26)21(27-11-13-30-14-12-27)16-24-22(28)23(29)25-19-6-2-3-7-19/h8-9,15,19,21H,2-7,10-14,16H2,1H3,(H,24,28)(H,25,29)/t21-/m0/s1. The number of fused-ring (bicyclic) bond motifs is 1. The number of carbonyl (C=O) groups excluding carboxylic acids is 2. The van der Waals surface area contributed by atoms with E-state index < -0.39 is 11.8 Å². The van der Waals surface area contributed by atoms with Gasteiger partial charge >= 0.3 is 11.8 Å². The summed E-state index contributed by atoms with van der Waals surface area (Å²) in [5.41, 5.74) is 3.86. The number of carbonyl (C=O) groups is 2.